The normalized spacial score (nSPS) is 11.6. The molecule has 0 aliphatic heterocycles. The van der Waals surface area contributed by atoms with Gasteiger partial charge in [-0.15, -0.1) is 11.3 Å². The molecule has 0 fully saturated rings. The molecule has 9 aromatic rings. The van der Waals surface area contributed by atoms with E-state index in [1.165, 1.54) is 42.4 Å². The summed E-state index contributed by atoms with van der Waals surface area (Å²) in [7, 11) is 0. The minimum atomic E-state index is 0.885. The fourth-order valence-corrected chi connectivity index (χ4v) is 7.83. The predicted octanol–water partition coefficient (Wildman–Crippen LogP) is 12.8. The number of thiophene rings is 1. The monoisotopic (exact) mass is 593 g/mol. The second kappa shape index (κ2) is 10.5. The molecule has 0 unspecified atom stereocenters. The van der Waals surface area contributed by atoms with Gasteiger partial charge >= 0.3 is 0 Å². The molecule has 2 heterocycles. The van der Waals surface area contributed by atoms with Crippen LogP contribution in [0.4, 0.5) is 17.1 Å². The molecule has 2 aromatic heterocycles. The average Bonchev–Trinajstić information content (AvgIpc) is 3.69. The molecule has 0 aliphatic carbocycles. The van der Waals surface area contributed by atoms with Crippen molar-refractivity contribution in [3.05, 3.63) is 164 Å². The zero-order valence-corrected chi connectivity index (χ0v) is 25.2. The van der Waals surface area contributed by atoms with Crippen molar-refractivity contribution >= 4 is 70.5 Å². The zero-order chi connectivity index (χ0) is 29.7. The van der Waals surface area contributed by atoms with E-state index in [0.717, 1.165) is 39.0 Å². The van der Waals surface area contributed by atoms with Gasteiger partial charge in [-0.05, 0) is 58.7 Å². The van der Waals surface area contributed by atoms with Crippen LogP contribution >= 0.6 is 11.3 Å². The number of rotatable bonds is 5. The van der Waals surface area contributed by atoms with E-state index in [4.69, 9.17) is 4.42 Å². The first-order valence-corrected chi connectivity index (χ1v) is 16.0. The van der Waals surface area contributed by atoms with Crippen molar-refractivity contribution in [2.75, 3.05) is 4.90 Å². The number of nitrogens with zero attached hydrogens (tertiary/aromatic N) is 1. The van der Waals surface area contributed by atoms with Gasteiger partial charge in [0.2, 0.25) is 0 Å². The smallest absolute Gasteiger partial charge is 0.159 e. The summed E-state index contributed by atoms with van der Waals surface area (Å²) in [5.74, 6) is 0. The minimum Gasteiger partial charge on any atom is -0.454 e. The Bertz CT molecular complexity index is 2370. The predicted molar refractivity (Wildman–Crippen MR) is 192 cm³/mol. The molecule has 0 spiro atoms. The van der Waals surface area contributed by atoms with Gasteiger partial charge in [-0.3, -0.25) is 0 Å². The Morgan fingerprint density at radius 3 is 1.82 bits per heavy atom. The van der Waals surface area contributed by atoms with E-state index < -0.39 is 0 Å². The van der Waals surface area contributed by atoms with Crippen molar-refractivity contribution < 1.29 is 4.42 Å². The van der Waals surface area contributed by atoms with Crippen LogP contribution < -0.4 is 4.90 Å². The van der Waals surface area contributed by atoms with E-state index >= 15 is 0 Å². The largest absolute Gasteiger partial charge is 0.454 e. The third kappa shape index (κ3) is 4.24. The number of para-hydroxylation sites is 2. The van der Waals surface area contributed by atoms with Gasteiger partial charge < -0.3 is 9.32 Å². The van der Waals surface area contributed by atoms with Crippen LogP contribution in [-0.2, 0) is 0 Å². The number of hydrogen-bond acceptors (Lipinski definition) is 3. The second-order valence-corrected chi connectivity index (χ2v) is 12.4. The summed E-state index contributed by atoms with van der Waals surface area (Å²) in [5, 5.41) is 4.80. The molecule has 0 aliphatic rings. The average molecular weight is 594 g/mol. The lowest BCUT2D eigenvalue weighted by Gasteiger charge is -2.26. The van der Waals surface area contributed by atoms with E-state index in [0.29, 0.717) is 0 Å². The molecule has 0 amide bonds. The van der Waals surface area contributed by atoms with E-state index in [-0.39, 0.29) is 0 Å². The van der Waals surface area contributed by atoms with Gasteiger partial charge in [0.25, 0.3) is 0 Å². The zero-order valence-electron chi connectivity index (χ0n) is 24.4. The number of anilines is 3. The molecule has 0 saturated heterocycles. The summed E-state index contributed by atoms with van der Waals surface area (Å²) in [4.78, 5) is 2.37. The Kier molecular flexibility index (Phi) is 6.03. The lowest BCUT2D eigenvalue weighted by atomic mass is 9.94. The number of furan rings is 1. The molecular weight excluding hydrogens is 567 g/mol. The van der Waals surface area contributed by atoms with Crippen LogP contribution in [0.5, 0.6) is 0 Å². The van der Waals surface area contributed by atoms with Crippen LogP contribution in [0.25, 0.3) is 64.4 Å². The van der Waals surface area contributed by atoms with E-state index in [2.05, 4.69) is 163 Å². The first-order valence-electron chi connectivity index (χ1n) is 15.2. The molecule has 7 aromatic carbocycles. The van der Waals surface area contributed by atoms with Crippen molar-refractivity contribution in [2.45, 2.75) is 0 Å². The molecule has 2 nitrogen and oxygen atoms in total. The van der Waals surface area contributed by atoms with Crippen molar-refractivity contribution in [2.24, 2.45) is 0 Å². The maximum absolute atomic E-state index is 6.60. The summed E-state index contributed by atoms with van der Waals surface area (Å²) in [6, 6.07) is 58.3. The lowest BCUT2D eigenvalue weighted by Crippen LogP contribution is -2.10. The lowest BCUT2D eigenvalue weighted by molar-refractivity contribution is 0.669. The molecule has 45 heavy (non-hydrogen) atoms. The van der Waals surface area contributed by atoms with Crippen LogP contribution in [0.1, 0.15) is 0 Å². The quantitative estimate of drug-likeness (QED) is 0.197. The van der Waals surface area contributed by atoms with Gasteiger partial charge in [-0.2, -0.15) is 0 Å². The highest BCUT2D eigenvalue weighted by Gasteiger charge is 2.22. The number of benzene rings is 7. The third-order valence-corrected chi connectivity index (χ3v) is 9.91. The van der Waals surface area contributed by atoms with Crippen molar-refractivity contribution in [1.82, 2.24) is 0 Å². The number of hydrogen-bond donors (Lipinski definition) is 0. The summed E-state index contributed by atoms with van der Waals surface area (Å²) in [6.45, 7) is 0. The van der Waals surface area contributed by atoms with Gasteiger partial charge in [0.05, 0.1) is 16.1 Å². The van der Waals surface area contributed by atoms with Crippen molar-refractivity contribution in [3.8, 4) is 22.3 Å². The van der Waals surface area contributed by atoms with Gasteiger partial charge in [-0.25, -0.2) is 0 Å². The number of fused-ring (bicyclic) bond motifs is 6. The summed E-state index contributed by atoms with van der Waals surface area (Å²) >= 11 is 1.84. The highest BCUT2D eigenvalue weighted by atomic mass is 32.1. The van der Waals surface area contributed by atoms with Crippen molar-refractivity contribution in [3.63, 3.8) is 0 Å². The Balaban J connectivity index is 1.27. The molecule has 0 atom stereocenters. The molecule has 0 saturated carbocycles. The van der Waals surface area contributed by atoms with Crippen LogP contribution in [0.15, 0.2) is 168 Å². The topological polar surface area (TPSA) is 16.4 Å². The maximum Gasteiger partial charge on any atom is 0.159 e. The first kappa shape index (κ1) is 25.8. The molecule has 0 bridgehead atoms. The second-order valence-electron chi connectivity index (χ2n) is 11.3. The molecule has 0 radical (unpaired) electrons. The molecule has 9 rings (SSSR count). The summed E-state index contributed by atoms with van der Waals surface area (Å²) < 4.78 is 9.14. The summed E-state index contributed by atoms with van der Waals surface area (Å²) in [6.07, 6.45) is 0. The Morgan fingerprint density at radius 1 is 0.422 bits per heavy atom. The van der Waals surface area contributed by atoms with Gasteiger partial charge in [0.1, 0.15) is 5.58 Å². The van der Waals surface area contributed by atoms with Crippen LogP contribution in [-0.4, -0.2) is 0 Å². The Hall–Kier alpha value is -5.64. The highest BCUT2D eigenvalue weighted by molar-refractivity contribution is 7.26. The molecule has 3 heteroatoms. The highest BCUT2D eigenvalue weighted by Crippen LogP contribution is 2.47. The van der Waals surface area contributed by atoms with E-state index in [1.54, 1.807) is 0 Å². The fourth-order valence-electron chi connectivity index (χ4n) is 6.62. The molecule has 0 N–H and O–H groups in total. The standard InChI is InChI=1S/C42H27NOS/c1-2-12-28(13-3-1)31-14-4-5-15-32(31)29-24-26-30(27-25-29)43(37-20-10-18-35-33-16-6-8-22-39(33)44-41(35)37)38-21-11-19-36-34-17-7-9-23-40(34)45-42(36)38/h1-27H. The minimum absolute atomic E-state index is 0.885. The summed E-state index contributed by atoms with van der Waals surface area (Å²) in [5.41, 5.74) is 9.85. The van der Waals surface area contributed by atoms with Gasteiger partial charge in [-0.1, -0.05) is 127 Å². The van der Waals surface area contributed by atoms with Gasteiger partial charge in [0, 0.05) is 31.9 Å². The van der Waals surface area contributed by atoms with Crippen molar-refractivity contribution in [1.29, 1.82) is 0 Å². The third-order valence-electron chi connectivity index (χ3n) is 8.70. The first-order chi connectivity index (χ1) is 22.3. The maximum atomic E-state index is 6.60. The van der Waals surface area contributed by atoms with Crippen LogP contribution in [0.2, 0.25) is 0 Å². The van der Waals surface area contributed by atoms with Gasteiger partial charge in [0.15, 0.2) is 5.58 Å². The van der Waals surface area contributed by atoms with Crippen LogP contribution in [0.3, 0.4) is 0 Å². The Morgan fingerprint density at radius 2 is 1.02 bits per heavy atom. The van der Waals surface area contributed by atoms with E-state index in [9.17, 15) is 0 Å². The SMILES string of the molecule is c1ccc(-c2ccccc2-c2ccc(N(c3cccc4c3oc3ccccc34)c3cccc4c3sc3ccccc34)cc2)cc1. The molecular formula is C42H27NOS. The van der Waals surface area contributed by atoms with E-state index in [1.807, 2.05) is 17.4 Å². The van der Waals surface area contributed by atoms with Crippen LogP contribution in [0, 0.1) is 0 Å². The Labute approximate surface area is 265 Å². The fraction of sp³-hybridized carbons (Fsp3) is 0. The molecule has 212 valence electrons.